The van der Waals surface area contributed by atoms with Gasteiger partial charge in [-0.25, -0.2) is 4.39 Å². The van der Waals surface area contributed by atoms with Crippen molar-refractivity contribution in [3.8, 4) is 5.75 Å². The number of hydrogen-bond donors (Lipinski definition) is 0. The highest BCUT2D eigenvalue weighted by Gasteiger charge is 2.06. The first-order valence-electron chi connectivity index (χ1n) is 5.10. The SMILES string of the molecule is Cc1ccc(F)c(OCCC(=O)N(C)C)c1. The van der Waals surface area contributed by atoms with Gasteiger partial charge in [-0.05, 0) is 24.6 Å². The molecular formula is C12H16FNO2. The zero-order chi connectivity index (χ0) is 12.1. The monoisotopic (exact) mass is 225 g/mol. The first-order valence-corrected chi connectivity index (χ1v) is 5.10. The van der Waals surface area contributed by atoms with Gasteiger partial charge in [0.15, 0.2) is 11.6 Å². The number of aryl methyl sites for hydroxylation is 1. The second kappa shape index (κ2) is 5.49. The Hall–Kier alpha value is -1.58. The van der Waals surface area contributed by atoms with Crippen molar-refractivity contribution >= 4 is 5.91 Å². The summed E-state index contributed by atoms with van der Waals surface area (Å²) in [6, 6.07) is 4.65. The van der Waals surface area contributed by atoms with Crippen LogP contribution in [0.15, 0.2) is 18.2 Å². The summed E-state index contributed by atoms with van der Waals surface area (Å²) in [5.74, 6) is -0.234. The lowest BCUT2D eigenvalue weighted by atomic mass is 10.2. The molecule has 0 aromatic heterocycles. The van der Waals surface area contributed by atoms with Crippen LogP contribution in [0.5, 0.6) is 5.75 Å². The molecule has 88 valence electrons. The molecule has 1 aromatic carbocycles. The highest BCUT2D eigenvalue weighted by Crippen LogP contribution is 2.18. The van der Waals surface area contributed by atoms with Crippen LogP contribution in [-0.2, 0) is 4.79 Å². The Balaban J connectivity index is 2.49. The molecule has 0 spiro atoms. The van der Waals surface area contributed by atoms with Gasteiger partial charge in [-0.1, -0.05) is 6.07 Å². The quantitative estimate of drug-likeness (QED) is 0.784. The van der Waals surface area contributed by atoms with Gasteiger partial charge in [-0.3, -0.25) is 4.79 Å². The Morgan fingerprint density at radius 2 is 2.12 bits per heavy atom. The first-order chi connectivity index (χ1) is 7.50. The van der Waals surface area contributed by atoms with Crippen molar-refractivity contribution < 1.29 is 13.9 Å². The molecule has 0 atom stereocenters. The third kappa shape index (κ3) is 3.53. The van der Waals surface area contributed by atoms with Gasteiger partial charge in [0.1, 0.15) is 0 Å². The molecule has 0 aliphatic heterocycles. The third-order valence-corrected chi connectivity index (χ3v) is 2.16. The number of amides is 1. The minimum Gasteiger partial charge on any atom is -0.490 e. The van der Waals surface area contributed by atoms with Gasteiger partial charge in [-0.2, -0.15) is 0 Å². The highest BCUT2D eigenvalue weighted by molar-refractivity contribution is 5.75. The van der Waals surface area contributed by atoms with Crippen LogP contribution in [-0.4, -0.2) is 31.5 Å². The van der Waals surface area contributed by atoms with Crippen LogP contribution in [0.4, 0.5) is 4.39 Å². The van der Waals surface area contributed by atoms with E-state index >= 15 is 0 Å². The van der Waals surface area contributed by atoms with Crippen LogP contribution in [0, 0.1) is 12.7 Å². The lowest BCUT2D eigenvalue weighted by Gasteiger charge is -2.11. The van der Waals surface area contributed by atoms with Crippen LogP contribution < -0.4 is 4.74 Å². The van der Waals surface area contributed by atoms with Gasteiger partial charge in [-0.15, -0.1) is 0 Å². The van der Waals surface area contributed by atoms with Crippen LogP contribution in [0.2, 0.25) is 0 Å². The summed E-state index contributed by atoms with van der Waals surface area (Å²) < 4.78 is 18.4. The van der Waals surface area contributed by atoms with E-state index in [1.165, 1.54) is 11.0 Å². The average molecular weight is 225 g/mol. The highest BCUT2D eigenvalue weighted by atomic mass is 19.1. The predicted octanol–water partition coefficient (Wildman–Crippen LogP) is 1.99. The molecule has 1 amide bonds. The minimum absolute atomic E-state index is 0.0342. The Morgan fingerprint density at radius 1 is 1.44 bits per heavy atom. The van der Waals surface area contributed by atoms with Gasteiger partial charge >= 0.3 is 0 Å². The fourth-order valence-electron chi connectivity index (χ4n) is 1.19. The van der Waals surface area contributed by atoms with Gasteiger partial charge in [0.25, 0.3) is 0 Å². The predicted molar refractivity (Wildman–Crippen MR) is 59.9 cm³/mol. The Labute approximate surface area is 94.8 Å². The molecule has 3 nitrogen and oxygen atoms in total. The van der Waals surface area contributed by atoms with E-state index in [4.69, 9.17) is 4.74 Å². The standard InChI is InChI=1S/C12H16FNO2/c1-9-4-5-10(13)11(8-9)16-7-6-12(15)14(2)3/h4-5,8H,6-7H2,1-3H3. The van der Waals surface area contributed by atoms with Crippen molar-refractivity contribution in [1.29, 1.82) is 0 Å². The lowest BCUT2D eigenvalue weighted by molar-refractivity contribution is -0.129. The number of hydrogen-bond acceptors (Lipinski definition) is 2. The molecule has 0 radical (unpaired) electrons. The van der Waals surface area contributed by atoms with E-state index in [1.807, 2.05) is 6.92 Å². The van der Waals surface area contributed by atoms with E-state index in [0.717, 1.165) is 5.56 Å². The molecule has 0 bridgehead atoms. The molecule has 4 heteroatoms. The topological polar surface area (TPSA) is 29.5 Å². The molecule has 0 saturated carbocycles. The van der Waals surface area contributed by atoms with Crippen molar-refractivity contribution in [2.45, 2.75) is 13.3 Å². The Kier molecular flexibility index (Phi) is 4.28. The van der Waals surface area contributed by atoms with Crippen molar-refractivity contribution in [1.82, 2.24) is 4.90 Å². The van der Waals surface area contributed by atoms with E-state index in [-0.39, 0.29) is 24.7 Å². The van der Waals surface area contributed by atoms with Crippen LogP contribution in [0.25, 0.3) is 0 Å². The van der Waals surface area contributed by atoms with Crippen LogP contribution in [0.1, 0.15) is 12.0 Å². The Bertz CT molecular complexity index is 377. The maximum absolute atomic E-state index is 13.2. The maximum atomic E-state index is 13.2. The molecule has 0 aliphatic carbocycles. The van der Waals surface area contributed by atoms with E-state index in [9.17, 15) is 9.18 Å². The Morgan fingerprint density at radius 3 is 2.75 bits per heavy atom. The third-order valence-electron chi connectivity index (χ3n) is 2.16. The molecule has 1 aromatic rings. The van der Waals surface area contributed by atoms with Crippen molar-refractivity contribution in [3.63, 3.8) is 0 Å². The van der Waals surface area contributed by atoms with E-state index < -0.39 is 5.82 Å². The minimum atomic E-state index is -0.400. The van der Waals surface area contributed by atoms with Gasteiger partial charge < -0.3 is 9.64 Å². The molecular weight excluding hydrogens is 209 g/mol. The summed E-state index contributed by atoms with van der Waals surface area (Å²) in [5.41, 5.74) is 0.926. The fourth-order valence-corrected chi connectivity index (χ4v) is 1.19. The van der Waals surface area contributed by atoms with Gasteiger partial charge in [0.05, 0.1) is 13.0 Å². The zero-order valence-corrected chi connectivity index (χ0v) is 9.79. The van der Waals surface area contributed by atoms with Gasteiger partial charge in [0, 0.05) is 14.1 Å². The summed E-state index contributed by atoms with van der Waals surface area (Å²) in [5, 5.41) is 0. The summed E-state index contributed by atoms with van der Waals surface area (Å²) in [7, 11) is 3.35. The average Bonchev–Trinajstić information content (AvgIpc) is 2.22. The summed E-state index contributed by atoms with van der Waals surface area (Å²) in [6.07, 6.45) is 0.250. The zero-order valence-electron chi connectivity index (χ0n) is 9.79. The van der Waals surface area contributed by atoms with Crippen LogP contribution in [0.3, 0.4) is 0 Å². The number of rotatable bonds is 4. The fraction of sp³-hybridized carbons (Fsp3) is 0.417. The molecule has 0 aliphatic rings. The van der Waals surface area contributed by atoms with Crippen molar-refractivity contribution in [2.24, 2.45) is 0 Å². The second-order valence-electron chi connectivity index (χ2n) is 3.82. The molecule has 0 unspecified atom stereocenters. The molecule has 16 heavy (non-hydrogen) atoms. The smallest absolute Gasteiger partial charge is 0.225 e. The number of nitrogens with zero attached hydrogens (tertiary/aromatic N) is 1. The largest absolute Gasteiger partial charge is 0.490 e. The normalized spacial score (nSPS) is 10.0. The molecule has 0 fully saturated rings. The summed E-state index contributed by atoms with van der Waals surface area (Å²) in [4.78, 5) is 12.7. The first kappa shape index (κ1) is 12.5. The van der Waals surface area contributed by atoms with Crippen molar-refractivity contribution in [2.75, 3.05) is 20.7 Å². The molecule has 0 N–H and O–H groups in total. The lowest BCUT2D eigenvalue weighted by Crippen LogP contribution is -2.23. The maximum Gasteiger partial charge on any atom is 0.225 e. The number of carbonyl (C=O) groups excluding carboxylic acids is 1. The van der Waals surface area contributed by atoms with Crippen LogP contribution >= 0.6 is 0 Å². The molecule has 1 rings (SSSR count). The summed E-state index contributed by atoms with van der Waals surface area (Å²) >= 11 is 0. The number of benzene rings is 1. The van der Waals surface area contributed by atoms with Crippen molar-refractivity contribution in [3.05, 3.63) is 29.6 Å². The van der Waals surface area contributed by atoms with E-state index in [1.54, 1.807) is 26.2 Å². The van der Waals surface area contributed by atoms with Gasteiger partial charge in [0.2, 0.25) is 5.91 Å². The number of carbonyl (C=O) groups is 1. The van der Waals surface area contributed by atoms with E-state index in [2.05, 4.69) is 0 Å². The number of halogens is 1. The summed E-state index contributed by atoms with van der Waals surface area (Å²) in [6.45, 7) is 2.05. The molecule has 0 saturated heterocycles. The number of ether oxygens (including phenoxy) is 1. The molecule has 0 heterocycles. The van der Waals surface area contributed by atoms with E-state index in [0.29, 0.717) is 0 Å². The second-order valence-corrected chi connectivity index (χ2v) is 3.82.